The van der Waals surface area contributed by atoms with Crippen LogP contribution in [0.3, 0.4) is 0 Å². The number of hydrogen-bond acceptors (Lipinski definition) is 3. The molecule has 1 aromatic carbocycles. The summed E-state index contributed by atoms with van der Waals surface area (Å²) in [5, 5.41) is 11.9. The number of aromatic nitrogens is 1. The summed E-state index contributed by atoms with van der Waals surface area (Å²) in [6, 6.07) is 11.8. The van der Waals surface area contributed by atoms with Gasteiger partial charge in [-0.3, -0.25) is 0 Å². The van der Waals surface area contributed by atoms with Crippen LogP contribution in [0.4, 0.5) is 11.5 Å². The number of rotatable bonds is 2. The summed E-state index contributed by atoms with van der Waals surface area (Å²) in [5.74, 6) is 0.745. The molecule has 84 valence electrons. The third-order valence-corrected chi connectivity index (χ3v) is 3.03. The standard InChI is InChI=1S/C13H10IN3/c1-9-2-4-11(14)6-12(9)17-13-5-3-10(7-15)8-16-13/h2-6,8H,1H3,(H,16,17). The van der Waals surface area contributed by atoms with E-state index in [0.29, 0.717) is 5.56 Å². The highest BCUT2D eigenvalue weighted by Gasteiger charge is 2.01. The van der Waals surface area contributed by atoms with E-state index in [1.165, 1.54) is 3.57 Å². The Morgan fingerprint density at radius 1 is 1.29 bits per heavy atom. The zero-order valence-electron chi connectivity index (χ0n) is 9.24. The largest absolute Gasteiger partial charge is 0.340 e. The van der Waals surface area contributed by atoms with Gasteiger partial charge in [-0.25, -0.2) is 4.98 Å². The van der Waals surface area contributed by atoms with Crippen molar-refractivity contribution < 1.29 is 0 Å². The van der Waals surface area contributed by atoms with Crippen LogP contribution >= 0.6 is 22.6 Å². The molecule has 0 spiro atoms. The predicted molar refractivity (Wildman–Crippen MR) is 76.1 cm³/mol. The molecule has 17 heavy (non-hydrogen) atoms. The molecular weight excluding hydrogens is 325 g/mol. The molecule has 0 amide bonds. The highest BCUT2D eigenvalue weighted by atomic mass is 127. The van der Waals surface area contributed by atoms with E-state index >= 15 is 0 Å². The summed E-state index contributed by atoms with van der Waals surface area (Å²) in [6.45, 7) is 2.04. The van der Waals surface area contributed by atoms with Crippen molar-refractivity contribution in [3.63, 3.8) is 0 Å². The minimum absolute atomic E-state index is 0.565. The molecule has 0 radical (unpaired) electrons. The average Bonchev–Trinajstić information content (AvgIpc) is 2.35. The van der Waals surface area contributed by atoms with Crippen molar-refractivity contribution in [1.29, 1.82) is 5.26 Å². The van der Waals surface area contributed by atoms with Gasteiger partial charge in [0.1, 0.15) is 11.9 Å². The lowest BCUT2D eigenvalue weighted by Crippen LogP contribution is -1.96. The first-order valence-corrected chi connectivity index (χ1v) is 6.16. The zero-order chi connectivity index (χ0) is 12.3. The summed E-state index contributed by atoms with van der Waals surface area (Å²) in [6.07, 6.45) is 1.56. The number of nitrogens with zero attached hydrogens (tertiary/aromatic N) is 2. The van der Waals surface area contributed by atoms with E-state index in [1.807, 2.05) is 13.0 Å². The van der Waals surface area contributed by atoms with Gasteiger partial charge < -0.3 is 5.32 Å². The normalized spacial score (nSPS) is 9.71. The van der Waals surface area contributed by atoms with Crippen LogP contribution in [0.1, 0.15) is 11.1 Å². The van der Waals surface area contributed by atoms with Crippen molar-refractivity contribution in [3.05, 3.63) is 51.2 Å². The van der Waals surface area contributed by atoms with Gasteiger partial charge >= 0.3 is 0 Å². The number of pyridine rings is 1. The summed E-state index contributed by atoms with van der Waals surface area (Å²) in [5.41, 5.74) is 2.76. The Balaban J connectivity index is 2.25. The van der Waals surface area contributed by atoms with E-state index < -0.39 is 0 Å². The number of halogens is 1. The van der Waals surface area contributed by atoms with Crippen LogP contribution in [-0.4, -0.2) is 4.98 Å². The van der Waals surface area contributed by atoms with Crippen molar-refractivity contribution in [3.8, 4) is 6.07 Å². The first kappa shape index (κ1) is 11.9. The maximum atomic E-state index is 8.69. The van der Waals surface area contributed by atoms with Gasteiger partial charge in [-0.2, -0.15) is 5.26 Å². The van der Waals surface area contributed by atoms with Crippen LogP contribution in [0, 0.1) is 21.8 Å². The highest BCUT2D eigenvalue weighted by Crippen LogP contribution is 2.21. The van der Waals surface area contributed by atoms with E-state index in [1.54, 1.807) is 18.3 Å². The molecule has 1 heterocycles. The lowest BCUT2D eigenvalue weighted by molar-refractivity contribution is 1.28. The summed E-state index contributed by atoms with van der Waals surface area (Å²) >= 11 is 2.27. The van der Waals surface area contributed by atoms with Gasteiger partial charge in [0, 0.05) is 15.5 Å². The molecule has 2 rings (SSSR count). The Bertz CT molecular complexity index is 570. The highest BCUT2D eigenvalue weighted by molar-refractivity contribution is 14.1. The molecule has 0 aliphatic heterocycles. The molecule has 1 aromatic heterocycles. The monoisotopic (exact) mass is 335 g/mol. The van der Waals surface area contributed by atoms with Crippen LogP contribution in [0.2, 0.25) is 0 Å². The van der Waals surface area contributed by atoms with Gasteiger partial charge in [0.05, 0.1) is 5.56 Å². The first-order chi connectivity index (χ1) is 8.19. The SMILES string of the molecule is Cc1ccc(I)cc1Nc1ccc(C#N)cn1. The van der Waals surface area contributed by atoms with Crippen molar-refractivity contribution in [1.82, 2.24) is 4.98 Å². The quantitative estimate of drug-likeness (QED) is 0.853. The second-order valence-electron chi connectivity index (χ2n) is 3.63. The van der Waals surface area contributed by atoms with Crippen molar-refractivity contribution in [2.45, 2.75) is 6.92 Å². The fourth-order valence-corrected chi connectivity index (χ4v) is 1.89. The minimum Gasteiger partial charge on any atom is -0.340 e. The number of nitriles is 1. The maximum absolute atomic E-state index is 8.69. The topological polar surface area (TPSA) is 48.7 Å². The molecule has 0 aliphatic rings. The van der Waals surface area contributed by atoms with E-state index in [4.69, 9.17) is 5.26 Å². The Morgan fingerprint density at radius 2 is 2.12 bits per heavy atom. The van der Waals surface area contributed by atoms with E-state index in [2.05, 4.69) is 51.1 Å². The summed E-state index contributed by atoms with van der Waals surface area (Å²) < 4.78 is 1.17. The molecule has 0 saturated carbocycles. The van der Waals surface area contributed by atoms with Crippen LogP contribution < -0.4 is 5.32 Å². The van der Waals surface area contributed by atoms with Gasteiger partial charge in [0.2, 0.25) is 0 Å². The fourth-order valence-electron chi connectivity index (χ4n) is 1.40. The second kappa shape index (κ2) is 5.15. The Hall–Kier alpha value is -1.61. The van der Waals surface area contributed by atoms with Gasteiger partial charge in [-0.15, -0.1) is 0 Å². The third-order valence-electron chi connectivity index (χ3n) is 2.35. The Kier molecular flexibility index (Phi) is 3.59. The van der Waals surface area contributed by atoms with Gasteiger partial charge in [0.15, 0.2) is 0 Å². The predicted octanol–water partition coefficient (Wildman–Crippen LogP) is 3.61. The van der Waals surface area contributed by atoms with Gasteiger partial charge in [0.25, 0.3) is 0 Å². The molecule has 0 atom stereocenters. The minimum atomic E-state index is 0.565. The number of hydrogen-bond donors (Lipinski definition) is 1. The number of aryl methyl sites for hydroxylation is 1. The molecule has 0 saturated heterocycles. The second-order valence-corrected chi connectivity index (χ2v) is 4.87. The zero-order valence-corrected chi connectivity index (χ0v) is 11.4. The molecular formula is C13H10IN3. The van der Waals surface area contributed by atoms with Crippen molar-refractivity contribution >= 4 is 34.1 Å². The molecule has 0 fully saturated rings. The third kappa shape index (κ3) is 2.94. The van der Waals surface area contributed by atoms with Gasteiger partial charge in [-0.05, 0) is 59.3 Å². The molecule has 1 N–H and O–H groups in total. The molecule has 0 unspecified atom stereocenters. The van der Waals surface area contributed by atoms with Crippen molar-refractivity contribution in [2.75, 3.05) is 5.32 Å². The average molecular weight is 335 g/mol. The van der Waals surface area contributed by atoms with Crippen molar-refractivity contribution in [2.24, 2.45) is 0 Å². The summed E-state index contributed by atoms with van der Waals surface area (Å²) in [7, 11) is 0. The van der Waals surface area contributed by atoms with Crippen LogP contribution in [0.25, 0.3) is 0 Å². The Morgan fingerprint density at radius 3 is 2.76 bits per heavy atom. The fraction of sp³-hybridized carbons (Fsp3) is 0.0769. The first-order valence-electron chi connectivity index (χ1n) is 5.08. The molecule has 3 nitrogen and oxygen atoms in total. The molecule has 2 aromatic rings. The van der Waals surface area contributed by atoms with E-state index in [9.17, 15) is 0 Å². The molecule has 0 bridgehead atoms. The lowest BCUT2D eigenvalue weighted by Gasteiger charge is -2.09. The molecule has 0 aliphatic carbocycles. The number of nitrogens with one attached hydrogen (secondary N) is 1. The molecule has 4 heteroatoms. The summed E-state index contributed by atoms with van der Waals surface area (Å²) in [4.78, 5) is 4.18. The Labute approximate surface area is 114 Å². The van der Waals surface area contributed by atoms with Crippen LogP contribution in [0.5, 0.6) is 0 Å². The van der Waals surface area contributed by atoms with Crippen LogP contribution in [0.15, 0.2) is 36.5 Å². The number of benzene rings is 1. The smallest absolute Gasteiger partial charge is 0.130 e. The maximum Gasteiger partial charge on any atom is 0.130 e. The van der Waals surface area contributed by atoms with E-state index in [0.717, 1.165) is 17.1 Å². The van der Waals surface area contributed by atoms with Crippen LogP contribution in [-0.2, 0) is 0 Å². The number of anilines is 2. The van der Waals surface area contributed by atoms with E-state index in [-0.39, 0.29) is 0 Å². The lowest BCUT2D eigenvalue weighted by atomic mass is 10.2. The van der Waals surface area contributed by atoms with Gasteiger partial charge in [-0.1, -0.05) is 6.07 Å².